The van der Waals surface area contributed by atoms with E-state index in [4.69, 9.17) is 31.4 Å². The van der Waals surface area contributed by atoms with Crippen molar-refractivity contribution in [2.24, 2.45) is 28.7 Å². The SMILES string of the molecule is [2H]C([2H])(NC(=O)[C@H](CCCCN)NC(=O)[C@@H]1CCCN1C(=O)[C@@H]1CSSC[C@H](N)C(=O)N[C@@H](Cc2ccc(O)cc2)C(=O)N[C@@H](Cc2ccccc2)C(=O)N[C@@H](CCC(N)=O)C(=O)N[C@@H](CC(N)=O)C(=O)N1)C(N)=O. The van der Waals surface area contributed by atoms with Crippen LogP contribution in [0.1, 0.15) is 65.2 Å². The van der Waals surface area contributed by atoms with Gasteiger partial charge < -0.3 is 75.9 Å². The predicted molar refractivity (Wildman–Crippen MR) is 269 cm³/mol. The molecule has 8 atom stereocenters. The molecule has 73 heavy (non-hydrogen) atoms. The standard InChI is InChI=1S/C46H65N13O12S2/c47-17-5-4-9-29(40(65)52-22-38(51)63)54-45(70)35-10-6-18-59(35)46(71)34-24-73-72-23-28(48)39(64)55-31(20-26-11-13-27(60)14-12-26)43(68)56-32(19-25-7-2-1-3-8-25)42(67)53-30(15-16-36(49)61)41(66)57-33(21-37(50)62)44(69)58-34/h1-3,7-8,11-14,28-35,60H,4-6,9-10,15-24,47-48H2,(H2,49,61)(H2,50,62)(H2,51,63)(H,52,65)(H,53,67)(H,54,70)(H,55,64)(H,56,68)(H,57,66)(H,58,69)/t28-,29-,30-,31-,32-,33-,34-,35-/m0/s1/i22D2. The van der Waals surface area contributed by atoms with Crippen LogP contribution in [0.5, 0.6) is 5.75 Å². The van der Waals surface area contributed by atoms with Gasteiger partial charge in [-0.25, -0.2) is 0 Å². The van der Waals surface area contributed by atoms with Crippen molar-refractivity contribution in [2.45, 2.75) is 113 Å². The summed E-state index contributed by atoms with van der Waals surface area (Å²) in [5, 5.41) is 27.0. The van der Waals surface area contributed by atoms with Crippen LogP contribution in [0.25, 0.3) is 0 Å². The number of phenols is 1. The Hall–Kier alpha value is -6.97. The number of carbonyl (C=O) groups excluding carboxylic acids is 11. The molecule has 0 aliphatic carbocycles. The van der Waals surface area contributed by atoms with Gasteiger partial charge in [-0.1, -0.05) is 64.1 Å². The third-order valence-electron chi connectivity index (χ3n) is 11.5. The van der Waals surface area contributed by atoms with Crippen LogP contribution in [-0.4, -0.2) is 154 Å². The Morgan fingerprint density at radius 1 is 0.726 bits per heavy atom. The second-order valence-electron chi connectivity index (χ2n) is 17.2. The molecule has 4 rings (SSSR count). The van der Waals surface area contributed by atoms with Crippen LogP contribution in [0.15, 0.2) is 54.6 Å². The van der Waals surface area contributed by atoms with Gasteiger partial charge in [0.25, 0.3) is 0 Å². The van der Waals surface area contributed by atoms with Crippen LogP contribution >= 0.6 is 21.6 Å². The van der Waals surface area contributed by atoms with Crippen LogP contribution in [0, 0.1) is 0 Å². The molecule has 0 aromatic heterocycles. The van der Waals surface area contributed by atoms with Crippen LogP contribution in [0.2, 0.25) is 0 Å². The summed E-state index contributed by atoms with van der Waals surface area (Å²) < 4.78 is 15.6. The number of likely N-dealkylation sites (tertiary alicyclic amines) is 1. The lowest BCUT2D eigenvalue weighted by Crippen LogP contribution is -2.61. The maximum absolute atomic E-state index is 14.6. The number of nitrogens with zero attached hydrogens (tertiary/aromatic N) is 1. The highest BCUT2D eigenvalue weighted by Crippen LogP contribution is 2.26. The molecule has 0 saturated carbocycles. The molecule has 0 spiro atoms. The number of nitrogens with two attached hydrogens (primary N) is 5. The van der Waals surface area contributed by atoms with Gasteiger partial charge in [0.2, 0.25) is 65.0 Å². The zero-order chi connectivity index (χ0) is 55.4. The number of carbonyl (C=O) groups is 11. The summed E-state index contributed by atoms with van der Waals surface area (Å²) in [6.07, 6.45) is -1.06. The fourth-order valence-corrected chi connectivity index (χ4v) is 9.98. The monoisotopic (exact) mass is 1060 g/mol. The quantitative estimate of drug-likeness (QED) is 0.0467. The fourth-order valence-electron chi connectivity index (χ4n) is 7.70. The highest BCUT2D eigenvalue weighted by atomic mass is 33.1. The van der Waals surface area contributed by atoms with E-state index in [1.54, 1.807) is 30.3 Å². The van der Waals surface area contributed by atoms with E-state index in [0.717, 1.165) is 26.5 Å². The summed E-state index contributed by atoms with van der Waals surface area (Å²) in [6, 6.07) is 2.43. The Kier molecular flexibility index (Phi) is 22.4. The molecule has 0 unspecified atom stereocenters. The molecule has 2 fully saturated rings. The molecule has 398 valence electrons. The van der Waals surface area contributed by atoms with E-state index < -0.39 is 139 Å². The van der Waals surface area contributed by atoms with Crippen LogP contribution in [0.4, 0.5) is 0 Å². The number of rotatable bonds is 19. The first-order chi connectivity index (χ1) is 35.5. The second-order valence-corrected chi connectivity index (χ2v) is 19.8. The van der Waals surface area contributed by atoms with Gasteiger partial charge in [-0.2, -0.15) is 0 Å². The third kappa shape index (κ3) is 19.5. The highest BCUT2D eigenvalue weighted by molar-refractivity contribution is 8.76. The Morgan fingerprint density at radius 2 is 1.30 bits per heavy atom. The number of primary amides is 3. The Labute approximate surface area is 431 Å². The van der Waals surface area contributed by atoms with Crippen LogP contribution < -0.4 is 65.9 Å². The van der Waals surface area contributed by atoms with Crippen molar-refractivity contribution in [3.63, 3.8) is 0 Å². The average Bonchev–Trinajstić information content (AvgIpc) is 3.85. The van der Waals surface area contributed by atoms with E-state index >= 15 is 0 Å². The second kappa shape index (κ2) is 29.5. The zero-order valence-electron chi connectivity index (χ0n) is 41.8. The van der Waals surface area contributed by atoms with E-state index in [1.165, 1.54) is 24.3 Å². The summed E-state index contributed by atoms with van der Waals surface area (Å²) in [4.78, 5) is 150. The van der Waals surface area contributed by atoms with Gasteiger partial charge in [0.05, 0.1) is 21.7 Å². The highest BCUT2D eigenvalue weighted by Gasteiger charge is 2.40. The molecule has 2 aliphatic heterocycles. The number of hydrogen-bond donors (Lipinski definition) is 13. The maximum atomic E-state index is 14.6. The summed E-state index contributed by atoms with van der Waals surface area (Å²) >= 11 is 0. The summed E-state index contributed by atoms with van der Waals surface area (Å²) in [5.74, 6) is -11.5. The normalized spacial score (nSPS) is 23.6. The minimum absolute atomic E-state index is 0.0345. The Bertz CT molecular complexity index is 2390. The summed E-state index contributed by atoms with van der Waals surface area (Å²) in [5.41, 5.74) is 29.1. The minimum Gasteiger partial charge on any atom is -0.508 e. The number of phenolic OH excluding ortho intramolecular Hbond substituents is 1. The molecule has 2 aromatic carbocycles. The van der Waals surface area contributed by atoms with Gasteiger partial charge in [0.15, 0.2) is 0 Å². The average molecular weight is 1060 g/mol. The molecule has 2 aliphatic rings. The number of nitrogens with one attached hydrogen (secondary N) is 7. The predicted octanol–water partition coefficient (Wildman–Crippen LogP) is -4.33. The molecule has 2 saturated heterocycles. The third-order valence-corrected chi connectivity index (χ3v) is 14.0. The van der Waals surface area contributed by atoms with Crippen molar-refractivity contribution >= 4 is 86.6 Å². The summed E-state index contributed by atoms with van der Waals surface area (Å²) in [6.45, 7) is -2.78. The molecular formula is C46H65N13O12S2. The Morgan fingerprint density at radius 3 is 1.92 bits per heavy atom. The van der Waals surface area contributed by atoms with Gasteiger partial charge in [0, 0.05) is 37.3 Å². The number of aromatic hydroxyl groups is 1. The van der Waals surface area contributed by atoms with Crippen molar-refractivity contribution < 1.29 is 60.6 Å². The van der Waals surface area contributed by atoms with Gasteiger partial charge in [0.1, 0.15) is 48.0 Å². The molecule has 25 nitrogen and oxygen atoms in total. The van der Waals surface area contributed by atoms with Crippen molar-refractivity contribution in [2.75, 3.05) is 31.1 Å². The van der Waals surface area contributed by atoms with E-state index in [2.05, 4.69) is 31.9 Å². The van der Waals surface area contributed by atoms with Gasteiger partial charge >= 0.3 is 0 Å². The van der Waals surface area contributed by atoms with Crippen LogP contribution in [-0.2, 0) is 65.6 Å². The lowest BCUT2D eigenvalue weighted by molar-refractivity contribution is -0.142. The molecule has 0 bridgehead atoms. The molecule has 27 heteroatoms. The lowest BCUT2D eigenvalue weighted by Gasteiger charge is -2.31. The summed E-state index contributed by atoms with van der Waals surface area (Å²) in [7, 11) is 1.96. The van der Waals surface area contributed by atoms with Crippen molar-refractivity contribution in [1.82, 2.24) is 42.1 Å². The molecule has 2 heterocycles. The van der Waals surface area contributed by atoms with Crippen molar-refractivity contribution in [3.8, 4) is 5.75 Å². The molecule has 11 amide bonds. The van der Waals surface area contributed by atoms with E-state index in [1.807, 2.05) is 5.32 Å². The topological polar surface area (TPSA) is 426 Å². The largest absolute Gasteiger partial charge is 0.508 e. The fraction of sp³-hybridized carbons (Fsp3) is 0.500. The van der Waals surface area contributed by atoms with Gasteiger partial charge in [-0.05, 0) is 68.3 Å². The molecule has 2 aromatic rings. The lowest BCUT2D eigenvalue weighted by atomic mass is 10.0. The van der Waals surface area contributed by atoms with Crippen molar-refractivity contribution in [3.05, 3.63) is 65.7 Å². The molecule has 18 N–H and O–H groups in total. The Balaban J connectivity index is 1.72. The first-order valence-corrected chi connectivity index (χ1v) is 25.8. The zero-order valence-corrected chi connectivity index (χ0v) is 41.4. The number of amides is 11. The van der Waals surface area contributed by atoms with E-state index in [9.17, 15) is 57.8 Å². The minimum atomic E-state index is -2.98. The van der Waals surface area contributed by atoms with E-state index in [-0.39, 0.29) is 62.4 Å². The first kappa shape index (κ1) is 55.3. The van der Waals surface area contributed by atoms with Crippen molar-refractivity contribution in [1.29, 1.82) is 0 Å². The van der Waals surface area contributed by atoms with Gasteiger partial charge in [-0.15, -0.1) is 0 Å². The molecular weight excluding hydrogens is 991 g/mol. The van der Waals surface area contributed by atoms with Crippen LogP contribution in [0.3, 0.4) is 0 Å². The number of benzene rings is 2. The smallest absolute Gasteiger partial charge is 0.246 e. The maximum Gasteiger partial charge on any atom is 0.246 e. The molecule has 0 radical (unpaired) electrons. The number of hydrogen-bond acceptors (Lipinski definition) is 16. The van der Waals surface area contributed by atoms with E-state index in [0.29, 0.717) is 24.0 Å². The first-order valence-electron chi connectivity index (χ1n) is 24.3. The van der Waals surface area contributed by atoms with Gasteiger partial charge in [-0.3, -0.25) is 52.7 Å². The number of unbranched alkanes of at least 4 members (excludes halogenated alkanes) is 1.